The molecule has 128 valence electrons. The zero-order chi connectivity index (χ0) is 17.3. The van der Waals surface area contributed by atoms with Crippen LogP contribution in [0.3, 0.4) is 0 Å². The molecule has 0 saturated heterocycles. The maximum absolute atomic E-state index is 13.6. The van der Waals surface area contributed by atoms with Gasteiger partial charge in [-0.25, -0.2) is 12.8 Å². The lowest BCUT2D eigenvalue weighted by Gasteiger charge is -2.25. The van der Waals surface area contributed by atoms with Crippen LogP contribution in [0.15, 0.2) is 35.7 Å². The normalized spacial score (nSPS) is 14.4. The van der Waals surface area contributed by atoms with Crippen LogP contribution in [0, 0.1) is 5.82 Å². The lowest BCUT2D eigenvalue weighted by atomic mass is 10.2. The number of anilines is 2. The lowest BCUT2D eigenvalue weighted by molar-refractivity contribution is -0.115. The Morgan fingerprint density at radius 3 is 2.71 bits per heavy atom. The number of nitrogens with one attached hydrogen (secondary N) is 1. The molecule has 2 aromatic rings. The number of nitrogens with zero attached hydrogens (tertiary/aromatic N) is 1. The van der Waals surface area contributed by atoms with Crippen LogP contribution in [0.25, 0.3) is 0 Å². The van der Waals surface area contributed by atoms with E-state index in [4.69, 9.17) is 0 Å². The van der Waals surface area contributed by atoms with E-state index in [9.17, 15) is 17.6 Å². The molecule has 1 saturated carbocycles. The Balaban J connectivity index is 1.89. The van der Waals surface area contributed by atoms with E-state index >= 15 is 0 Å². The molecule has 1 N–H and O–H groups in total. The number of amides is 1. The van der Waals surface area contributed by atoms with Gasteiger partial charge in [0.15, 0.2) is 0 Å². The first-order chi connectivity index (χ1) is 11.3. The Hall–Kier alpha value is -1.93. The summed E-state index contributed by atoms with van der Waals surface area (Å²) < 4.78 is 39.1. The molecule has 0 radical (unpaired) electrons. The van der Waals surface area contributed by atoms with Crippen LogP contribution in [0.4, 0.5) is 15.8 Å². The second-order valence-electron chi connectivity index (χ2n) is 5.76. The van der Waals surface area contributed by atoms with E-state index in [0.717, 1.165) is 30.0 Å². The van der Waals surface area contributed by atoms with Gasteiger partial charge in [-0.05, 0) is 42.5 Å². The second-order valence-corrected chi connectivity index (χ2v) is 8.65. The Bertz CT molecular complexity index is 846. The Morgan fingerprint density at radius 2 is 2.12 bits per heavy atom. The highest BCUT2D eigenvalue weighted by Gasteiger charge is 2.36. The van der Waals surface area contributed by atoms with Gasteiger partial charge in [0, 0.05) is 10.9 Å². The van der Waals surface area contributed by atoms with Crippen LogP contribution in [0.2, 0.25) is 0 Å². The fraction of sp³-hybridized carbons (Fsp3) is 0.312. The van der Waals surface area contributed by atoms with Gasteiger partial charge in [0.05, 0.1) is 24.1 Å². The molecule has 3 rings (SSSR count). The number of hydrogen-bond acceptors (Lipinski definition) is 4. The van der Waals surface area contributed by atoms with Gasteiger partial charge in [-0.3, -0.25) is 9.10 Å². The van der Waals surface area contributed by atoms with Gasteiger partial charge in [-0.2, -0.15) is 0 Å². The summed E-state index contributed by atoms with van der Waals surface area (Å²) >= 11 is 1.45. The molecule has 1 aromatic heterocycles. The van der Waals surface area contributed by atoms with E-state index < -0.39 is 15.8 Å². The van der Waals surface area contributed by atoms with Crippen LogP contribution in [-0.2, 0) is 21.2 Å². The average Bonchev–Trinajstić information content (AvgIpc) is 3.16. The summed E-state index contributed by atoms with van der Waals surface area (Å²) in [7, 11) is -3.51. The molecule has 1 amide bonds. The molecule has 0 bridgehead atoms. The molecule has 1 aliphatic rings. The van der Waals surface area contributed by atoms with Crippen LogP contribution in [0.1, 0.15) is 17.7 Å². The van der Waals surface area contributed by atoms with Crippen molar-refractivity contribution < 1.29 is 17.6 Å². The molecule has 24 heavy (non-hydrogen) atoms. The number of thiophene rings is 1. The maximum atomic E-state index is 13.6. The van der Waals surface area contributed by atoms with Crippen LogP contribution in [0.5, 0.6) is 0 Å². The Morgan fingerprint density at radius 1 is 1.38 bits per heavy atom. The Labute approximate surface area is 144 Å². The van der Waals surface area contributed by atoms with E-state index in [-0.39, 0.29) is 24.1 Å². The summed E-state index contributed by atoms with van der Waals surface area (Å²) in [6, 6.07) is 7.31. The minimum Gasteiger partial charge on any atom is -0.324 e. The number of carbonyl (C=O) groups excluding carboxylic acids is 1. The first-order valence-electron chi connectivity index (χ1n) is 7.46. The summed E-state index contributed by atoms with van der Waals surface area (Å²) in [5.41, 5.74) is 0.481. The van der Waals surface area contributed by atoms with Gasteiger partial charge >= 0.3 is 0 Å². The number of sulfonamides is 1. The van der Waals surface area contributed by atoms with Crippen molar-refractivity contribution in [3.63, 3.8) is 0 Å². The molecular weight excluding hydrogens is 351 g/mol. The minimum atomic E-state index is -3.51. The number of carbonyl (C=O) groups is 1. The number of rotatable bonds is 6. The largest absolute Gasteiger partial charge is 0.324 e. The zero-order valence-corrected chi connectivity index (χ0v) is 14.7. The predicted molar refractivity (Wildman–Crippen MR) is 93.4 cm³/mol. The van der Waals surface area contributed by atoms with Crippen LogP contribution >= 0.6 is 11.3 Å². The monoisotopic (exact) mass is 368 g/mol. The van der Waals surface area contributed by atoms with Crippen molar-refractivity contribution in [3.8, 4) is 0 Å². The summed E-state index contributed by atoms with van der Waals surface area (Å²) in [4.78, 5) is 13.1. The van der Waals surface area contributed by atoms with E-state index in [0.29, 0.717) is 5.69 Å². The first kappa shape index (κ1) is 16.9. The third-order valence-corrected chi connectivity index (χ3v) is 5.71. The molecule has 1 aromatic carbocycles. The topological polar surface area (TPSA) is 66.5 Å². The summed E-state index contributed by atoms with van der Waals surface area (Å²) in [6.07, 6.45) is 2.79. The van der Waals surface area contributed by atoms with Gasteiger partial charge in [0.1, 0.15) is 5.82 Å². The van der Waals surface area contributed by atoms with E-state index in [1.165, 1.54) is 27.8 Å². The van der Waals surface area contributed by atoms with E-state index in [2.05, 4.69) is 5.32 Å². The van der Waals surface area contributed by atoms with Gasteiger partial charge in [-0.1, -0.05) is 6.07 Å². The highest BCUT2D eigenvalue weighted by atomic mass is 32.2. The average molecular weight is 368 g/mol. The first-order valence-corrected chi connectivity index (χ1v) is 10.2. The lowest BCUT2D eigenvalue weighted by Crippen LogP contribution is -2.33. The van der Waals surface area contributed by atoms with E-state index in [1.54, 1.807) is 0 Å². The summed E-state index contributed by atoms with van der Waals surface area (Å²) in [5.74, 6) is -0.844. The van der Waals surface area contributed by atoms with Gasteiger partial charge < -0.3 is 5.32 Å². The fourth-order valence-electron chi connectivity index (χ4n) is 2.52. The highest BCUT2D eigenvalue weighted by molar-refractivity contribution is 7.92. The summed E-state index contributed by atoms with van der Waals surface area (Å²) in [5, 5.41) is 4.52. The van der Waals surface area contributed by atoms with Crippen molar-refractivity contribution in [2.45, 2.75) is 25.3 Å². The molecule has 5 nitrogen and oxygen atoms in total. The maximum Gasteiger partial charge on any atom is 0.232 e. The third kappa shape index (κ3) is 3.93. The van der Waals surface area contributed by atoms with Crippen molar-refractivity contribution >= 4 is 38.6 Å². The van der Waals surface area contributed by atoms with Crippen molar-refractivity contribution in [2.75, 3.05) is 15.9 Å². The van der Waals surface area contributed by atoms with Gasteiger partial charge in [-0.15, -0.1) is 11.3 Å². The predicted octanol–water partition coefficient (Wildman–Crippen LogP) is 3.00. The molecule has 0 spiro atoms. The smallest absolute Gasteiger partial charge is 0.232 e. The van der Waals surface area contributed by atoms with Gasteiger partial charge in [0.2, 0.25) is 15.9 Å². The third-order valence-electron chi connectivity index (χ3n) is 3.62. The molecule has 1 aliphatic carbocycles. The SMILES string of the molecule is CS(=O)(=O)N(c1ccc(F)cc1NC(=O)Cc1cccs1)C1CC1. The zero-order valence-electron chi connectivity index (χ0n) is 13.0. The number of halogens is 1. The fourth-order valence-corrected chi connectivity index (χ4v) is 4.49. The molecule has 0 unspecified atom stereocenters. The highest BCUT2D eigenvalue weighted by Crippen LogP contribution is 2.38. The quantitative estimate of drug-likeness (QED) is 0.852. The van der Waals surface area contributed by atoms with Crippen molar-refractivity contribution in [3.05, 3.63) is 46.4 Å². The van der Waals surface area contributed by atoms with Crippen molar-refractivity contribution in [2.24, 2.45) is 0 Å². The van der Waals surface area contributed by atoms with E-state index in [1.807, 2.05) is 17.5 Å². The molecule has 8 heteroatoms. The van der Waals surface area contributed by atoms with Gasteiger partial charge in [0.25, 0.3) is 0 Å². The minimum absolute atomic E-state index is 0.126. The molecule has 0 atom stereocenters. The summed E-state index contributed by atoms with van der Waals surface area (Å²) in [6.45, 7) is 0. The van der Waals surface area contributed by atoms with Crippen LogP contribution in [-0.4, -0.2) is 26.6 Å². The Kier molecular flexibility index (Phi) is 4.60. The number of hydrogen-bond donors (Lipinski definition) is 1. The van der Waals surface area contributed by atoms with Crippen molar-refractivity contribution in [1.82, 2.24) is 0 Å². The molecule has 0 aliphatic heterocycles. The molecular formula is C16H17FN2O3S2. The van der Waals surface area contributed by atoms with Crippen LogP contribution < -0.4 is 9.62 Å². The molecule has 1 fully saturated rings. The standard InChI is InChI=1S/C16H17FN2O3S2/c1-24(21,22)19(12-5-6-12)15-7-4-11(17)9-14(15)18-16(20)10-13-3-2-8-23-13/h2-4,7-9,12H,5-6,10H2,1H3,(H,18,20). The molecule has 1 heterocycles. The second kappa shape index (κ2) is 6.52. The number of benzene rings is 1. The van der Waals surface area contributed by atoms with Crippen molar-refractivity contribution in [1.29, 1.82) is 0 Å².